The lowest BCUT2D eigenvalue weighted by Crippen LogP contribution is -2.51. The summed E-state index contributed by atoms with van der Waals surface area (Å²) in [6, 6.07) is 13.9. The molecule has 4 heterocycles. The smallest absolute Gasteiger partial charge is 0.243 e. The minimum atomic E-state index is -0.912. The van der Waals surface area contributed by atoms with Gasteiger partial charge in [0.15, 0.2) is 5.78 Å². The van der Waals surface area contributed by atoms with Gasteiger partial charge in [-0.15, -0.1) is 0 Å². The van der Waals surface area contributed by atoms with E-state index in [1.165, 1.54) is 16.7 Å². The third-order valence-electron chi connectivity index (χ3n) is 10.6. The molecule has 0 aliphatic carbocycles. The second-order valence-electron chi connectivity index (χ2n) is 14.4. The molecule has 0 bridgehead atoms. The van der Waals surface area contributed by atoms with Crippen molar-refractivity contribution in [2.45, 2.75) is 80.0 Å². The van der Waals surface area contributed by atoms with Crippen LogP contribution in [0.5, 0.6) is 0 Å². The van der Waals surface area contributed by atoms with Crippen LogP contribution in [-0.4, -0.2) is 90.4 Å². The summed E-state index contributed by atoms with van der Waals surface area (Å²) >= 11 is 8.49. The molecule has 2 aromatic carbocycles. The number of ketones is 1. The quantitative estimate of drug-likeness (QED) is 0.145. The minimum absolute atomic E-state index is 0.00886. The number of carbonyl (C=O) groups is 4. The number of para-hydroxylation sites is 1. The average Bonchev–Trinajstić information content (AvgIpc) is 3.62. The molecule has 298 valence electrons. The highest BCUT2D eigenvalue weighted by Gasteiger charge is 2.34. The van der Waals surface area contributed by atoms with Crippen molar-refractivity contribution in [2.75, 3.05) is 44.8 Å². The first-order valence-corrected chi connectivity index (χ1v) is 20.4. The van der Waals surface area contributed by atoms with Crippen LogP contribution in [0.1, 0.15) is 55.2 Å². The second-order valence-corrected chi connectivity index (χ2v) is 15.8. The van der Waals surface area contributed by atoms with Gasteiger partial charge in [0.1, 0.15) is 11.1 Å². The van der Waals surface area contributed by atoms with Crippen LogP contribution < -0.4 is 27.0 Å². The molecule has 6 rings (SSSR count). The Labute approximate surface area is 336 Å². The molecule has 0 spiro atoms. The van der Waals surface area contributed by atoms with Crippen molar-refractivity contribution < 1.29 is 23.9 Å². The number of amides is 3. The highest BCUT2D eigenvalue weighted by Crippen LogP contribution is 2.40. The number of nitrogens with one attached hydrogen (secondary N) is 3. The molecule has 15 heteroatoms. The Morgan fingerprint density at radius 2 is 1.84 bits per heavy atom. The number of hydrogen-bond acceptors (Lipinski definition) is 10. The van der Waals surface area contributed by atoms with E-state index in [1.807, 2.05) is 54.7 Å². The average molecular weight is 803 g/mol. The fraction of sp³-hybridized carbons (Fsp3) is 0.439. The summed E-state index contributed by atoms with van der Waals surface area (Å²) in [4.78, 5) is 67.7. The van der Waals surface area contributed by atoms with Gasteiger partial charge in [0.05, 0.1) is 24.3 Å². The Hall–Kier alpha value is -4.47. The standard InChI is InChI=1S/C41H51ClN8O5S/c1-49-35(20-28-24-46-33-10-3-2-9-31(28)33)39(53)48-25-29-19-30(50-15-17-55-18-16-50)22-32(42)38(29)56-40-27(8-6-14-45-40)23-47-34(11-12-37(44)52)36(51)21-26(41(49)54)7-4-5-13-43/h2-3,6,8-10,14,19,22,24,26,34-35,46-47H,4-5,7,11-13,15-18,20-21,23,25,43H2,1H3,(H2,44,52)(H,48,53)/t26-,34+,35+/m1/s1. The number of fused-ring (bicyclic) bond motifs is 3. The fourth-order valence-corrected chi connectivity index (χ4v) is 8.76. The van der Waals surface area contributed by atoms with Gasteiger partial charge in [0.25, 0.3) is 0 Å². The highest BCUT2D eigenvalue weighted by molar-refractivity contribution is 7.99. The maximum absolute atomic E-state index is 14.6. The maximum atomic E-state index is 14.6. The second kappa shape index (κ2) is 19.6. The molecule has 4 aromatic rings. The Morgan fingerprint density at radius 1 is 1.04 bits per heavy atom. The molecule has 3 atom stereocenters. The molecule has 0 radical (unpaired) electrons. The van der Waals surface area contributed by atoms with Gasteiger partial charge in [-0.05, 0) is 66.8 Å². The number of anilines is 1. The van der Waals surface area contributed by atoms with E-state index in [1.54, 1.807) is 13.2 Å². The van der Waals surface area contributed by atoms with Crippen LogP contribution in [0.2, 0.25) is 5.02 Å². The number of nitrogens with two attached hydrogens (primary N) is 2. The monoisotopic (exact) mass is 802 g/mol. The molecule has 1 saturated heterocycles. The van der Waals surface area contributed by atoms with Crippen LogP contribution in [0.15, 0.2) is 70.8 Å². The molecule has 2 aliphatic rings. The van der Waals surface area contributed by atoms with E-state index in [9.17, 15) is 19.2 Å². The molecule has 2 aromatic heterocycles. The van der Waals surface area contributed by atoms with Gasteiger partial charge in [-0.2, -0.15) is 0 Å². The summed E-state index contributed by atoms with van der Waals surface area (Å²) in [5, 5.41) is 8.66. The van der Waals surface area contributed by atoms with Crippen LogP contribution in [0.4, 0.5) is 5.69 Å². The lowest BCUT2D eigenvalue weighted by molar-refractivity contribution is -0.143. The Balaban J connectivity index is 1.43. The first-order valence-electron chi connectivity index (χ1n) is 19.2. The van der Waals surface area contributed by atoms with Crippen molar-refractivity contribution in [1.29, 1.82) is 0 Å². The largest absolute Gasteiger partial charge is 0.378 e. The Kier molecular flexibility index (Phi) is 14.4. The molecular weight excluding hydrogens is 752 g/mol. The van der Waals surface area contributed by atoms with Gasteiger partial charge < -0.3 is 41.6 Å². The van der Waals surface area contributed by atoms with E-state index in [4.69, 9.17) is 32.8 Å². The van der Waals surface area contributed by atoms with E-state index in [0.29, 0.717) is 62.2 Å². The van der Waals surface area contributed by atoms with Gasteiger partial charge in [-0.3, -0.25) is 19.2 Å². The zero-order valence-electron chi connectivity index (χ0n) is 31.7. The molecule has 0 saturated carbocycles. The van der Waals surface area contributed by atoms with Crippen molar-refractivity contribution in [3.63, 3.8) is 0 Å². The SMILES string of the molecule is CN1C(=O)[C@H](CCCCN)CC(=O)[C@H](CCC(N)=O)NCc2cccnc2Sc2c(Cl)cc(N3CCOCC3)cc2CNC(=O)[C@@H]1Cc1c[nH]c2ccccc12. The van der Waals surface area contributed by atoms with E-state index >= 15 is 0 Å². The Bertz CT molecular complexity index is 2020. The molecular formula is C41H51ClN8O5S. The zero-order valence-corrected chi connectivity index (χ0v) is 33.3. The lowest BCUT2D eigenvalue weighted by Gasteiger charge is -2.31. The number of H-pyrrole nitrogens is 1. The van der Waals surface area contributed by atoms with E-state index in [-0.39, 0.29) is 56.4 Å². The number of halogens is 1. The van der Waals surface area contributed by atoms with E-state index < -0.39 is 23.9 Å². The number of primary amides is 1. The molecule has 3 amide bonds. The molecule has 1 fully saturated rings. The number of aromatic amines is 1. The van der Waals surface area contributed by atoms with Crippen LogP contribution in [-0.2, 0) is 43.4 Å². The van der Waals surface area contributed by atoms with Crippen LogP contribution in [0, 0.1) is 5.92 Å². The number of benzene rings is 2. The first kappa shape index (κ1) is 41.2. The zero-order chi connectivity index (χ0) is 39.6. The number of unbranched alkanes of at least 4 members (excludes halogenated alkanes) is 1. The number of pyridine rings is 1. The van der Waals surface area contributed by atoms with Gasteiger partial charge in [0.2, 0.25) is 17.7 Å². The summed E-state index contributed by atoms with van der Waals surface area (Å²) in [6.07, 6.45) is 5.61. The van der Waals surface area contributed by atoms with Crippen molar-refractivity contribution in [3.05, 3.63) is 82.6 Å². The lowest BCUT2D eigenvalue weighted by atomic mass is 9.90. The van der Waals surface area contributed by atoms with Crippen molar-refractivity contribution in [3.8, 4) is 0 Å². The number of morpholine rings is 1. The van der Waals surface area contributed by atoms with Crippen LogP contribution >= 0.6 is 23.4 Å². The molecule has 0 unspecified atom stereocenters. The van der Waals surface area contributed by atoms with E-state index in [2.05, 4.69) is 20.5 Å². The number of likely N-dealkylation sites (N-methyl/N-ethyl adjacent to an activating group) is 1. The number of hydrogen-bond donors (Lipinski definition) is 5. The first-order chi connectivity index (χ1) is 27.1. The van der Waals surface area contributed by atoms with Gasteiger partial charge in [-0.25, -0.2) is 4.98 Å². The van der Waals surface area contributed by atoms with Gasteiger partial charge in [0, 0.05) is 92.3 Å². The highest BCUT2D eigenvalue weighted by atomic mass is 35.5. The van der Waals surface area contributed by atoms with Crippen molar-refractivity contribution in [1.82, 2.24) is 25.5 Å². The molecule has 2 aliphatic heterocycles. The summed E-state index contributed by atoms with van der Waals surface area (Å²) in [6.45, 7) is 3.44. The van der Waals surface area contributed by atoms with Crippen molar-refractivity contribution >= 4 is 63.5 Å². The predicted octanol–water partition coefficient (Wildman–Crippen LogP) is 4.33. The number of aromatic nitrogens is 2. The summed E-state index contributed by atoms with van der Waals surface area (Å²) in [5.41, 5.74) is 15.7. The molecule has 13 nitrogen and oxygen atoms in total. The van der Waals surface area contributed by atoms with E-state index in [0.717, 1.165) is 38.2 Å². The van der Waals surface area contributed by atoms with Crippen LogP contribution in [0.25, 0.3) is 10.9 Å². The van der Waals surface area contributed by atoms with Gasteiger partial charge in [-0.1, -0.05) is 54.0 Å². The number of ether oxygens (including phenoxy) is 1. The fourth-order valence-electron chi connectivity index (χ4n) is 7.42. The number of Topliss-reactive ketones (excluding diaryl/α,β-unsaturated/α-hetero) is 1. The minimum Gasteiger partial charge on any atom is -0.378 e. The third kappa shape index (κ3) is 10.3. The normalized spacial score (nSPS) is 20.3. The predicted molar refractivity (Wildman–Crippen MR) is 218 cm³/mol. The number of carbonyl (C=O) groups excluding carboxylic acids is 4. The maximum Gasteiger partial charge on any atom is 0.243 e. The molecule has 7 N–H and O–H groups in total. The van der Waals surface area contributed by atoms with Crippen molar-refractivity contribution in [2.24, 2.45) is 17.4 Å². The summed E-state index contributed by atoms with van der Waals surface area (Å²) in [5.74, 6) is -2.10. The number of nitrogens with zero attached hydrogens (tertiary/aromatic N) is 3. The third-order valence-corrected chi connectivity index (χ3v) is 12.3. The summed E-state index contributed by atoms with van der Waals surface area (Å²) < 4.78 is 5.60. The topological polar surface area (TPSA) is 189 Å². The number of rotatable bonds is 10. The van der Waals surface area contributed by atoms with Crippen LogP contribution in [0.3, 0.4) is 0 Å². The van der Waals surface area contributed by atoms with Gasteiger partial charge >= 0.3 is 0 Å². The molecule has 56 heavy (non-hydrogen) atoms. The Morgan fingerprint density at radius 3 is 2.62 bits per heavy atom. The summed E-state index contributed by atoms with van der Waals surface area (Å²) in [7, 11) is 1.64.